The Morgan fingerprint density at radius 3 is 2.50 bits per heavy atom. The van der Waals surface area contributed by atoms with E-state index in [9.17, 15) is 9.18 Å². The fraction of sp³-hybridized carbons (Fsp3) is 0.353. The van der Waals surface area contributed by atoms with Crippen LogP contribution in [0.2, 0.25) is 0 Å². The number of nitrogens with zero attached hydrogens (tertiary/aromatic N) is 3. The maximum absolute atomic E-state index is 13.3. The van der Waals surface area contributed by atoms with Crippen molar-refractivity contribution in [1.82, 2.24) is 9.97 Å². The second-order valence-electron chi connectivity index (χ2n) is 5.63. The Morgan fingerprint density at radius 2 is 1.88 bits per heavy atom. The quantitative estimate of drug-likeness (QED) is 0.935. The Morgan fingerprint density at radius 1 is 1.21 bits per heavy atom. The van der Waals surface area contributed by atoms with Crippen LogP contribution in [0.4, 0.5) is 16.0 Å². The summed E-state index contributed by atoms with van der Waals surface area (Å²) >= 11 is 0. The minimum atomic E-state index is -0.449. The summed E-state index contributed by atoms with van der Waals surface area (Å²) in [5.74, 6) is -0.199. The zero-order valence-electron chi connectivity index (χ0n) is 13.7. The number of rotatable bonds is 3. The molecule has 3 rings (SSSR count). The van der Waals surface area contributed by atoms with Crippen molar-refractivity contribution in [2.45, 2.75) is 13.8 Å². The Kier molecular flexibility index (Phi) is 4.71. The molecular weight excluding hydrogens is 311 g/mol. The number of halogens is 1. The fourth-order valence-electron chi connectivity index (χ4n) is 2.60. The van der Waals surface area contributed by atoms with Crippen LogP contribution in [0.25, 0.3) is 0 Å². The Bertz CT molecular complexity index is 737. The topological polar surface area (TPSA) is 67.3 Å². The standard InChI is InChI=1S/C17H19FN4O2/c1-11-15(21-16(23)13-4-3-5-14(18)10-13)12(2)20-17(19-11)22-6-8-24-9-7-22/h3-5,10H,6-9H2,1-2H3,(H,21,23). The summed E-state index contributed by atoms with van der Waals surface area (Å²) in [5, 5.41) is 2.78. The van der Waals surface area contributed by atoms with E-state index >= 15 is 0 Å². The molecule has 7 heteroatoms. The third-order valence-electron chi connectivity index (χ3n) is 3.88. The van der Waals surface area contributed by atoms with Crippen LogP contribution in [-0.4, -0.2) is 42.2 Å². The van der Waals surface area contributed by atoms with Gasteiger partial charge in [0.15, 0.2) is 0 Å². The van der Waals surface area contributed by atoms with Gasteiger partial charge in [-0.1, -0.05) is 6.07 Å². The van der Waals surface area contributed by atoms with E-state index in [4.69, 9.17) is 4.74 Å². The van der Waals surface area contributed by atoms with Crippen LogP contribution in [0.5, 0.6) is 0 Å². The number of aromatic nitrogens is 2. The van der Waals surface area contributed by atoms with Gasteiger partial charge in [0.2, 0.25) is 5.95 Å². The highest BCUT2D eigenvalue weighted by atomic mass is 19.1. The highest BCUT2D eigenvalue weighted by molar-refractivity contribution is 6.04. The summed E-state index contributed by atoms with van der Waals surface area (Å²) in [5.41, 5.74) is 2.16. The maximum Gasteiger partial charge on any atom is 0.255 e. The number of nitrogens with one attached hydrogen (secondary N) is 1. The van der Waals surface area contributed by atoms with Crippen LogP contribution in [0.1, 0.15) is 21.7 Å². The van der Waals surface area contributed by atoms with E-state index in [2.05, 4.69) is 20.2 Å². The number of aryl methyl sites for hydroxylation is 2. The number of carbonyl (C=O) groups excluding carboxylic acids is 1. The van der Waals surface area contributed by atoms with Gasteiger partial charge in [0.25, 0.3) is 5.91 Å². The van der Waals surface area contributed by atoms with Crippen LogP contribution in [-0.2, 0) is 4.74 Å². The lowest BCUT2D eigenvalue weighted by molar-refractivity contribution is 0.102. The SMILES string of the molecule is Cc1nc(N2CCOCC2)nc(C)c1NC(=O)c1cccc(F)c1. The summed E-state index contributed by atoms with van der Waals surface area (Å²) in [6.07, 6.45) is 0. The second kappa shape index (κ2) is 6.92. The van der Waals surface area contributed by atoms with Crippen molar-refractivity contribution in [3.8, 4) is 0 Å². The maximum atomic E-state index is 13.3. The monoisotopic (exact) mass is 330 g/mol. The van der Waals surface area contributed by atoms with Gasteiger partial charge in [-0.15, -0.1) is 0 Å². The molecule has 1 aliphatic heterocycles. The summed E-state index contributed by atoms with van der Waals surface area (Å²) < 4.78 is 18.6. The first-order valence-corrected chi connectivity index (χ1v) is 7.79. The molecule has 0 bridgehead atoms. The van der Waals surface area contributed by atoms with Crippen molar-refractivity contribution < 1.29 is 13.9 Å². The summed E-state index contributed by atoms with van der Waals surface area (Å²) in [7, 11) is 0. The molecule has 1 aliphatic rings. The Balaban J connectivity index is 1.82. The molecule has 0 spiro atoms. The molecule has 1 aromatic heterocycles. The molecule has 1 amide bonds. The molecule has 1 N–H and O–H groups in total. The molecule has 0 atom stereocenters. The smallest absolute Gasteiger partial charge is 0.255 e. The van der Waals surface area contributed by atoms with Crippen LogP contribution in [0.3, 0.4) is 0 Å². The van der Waals surface area contributed by atoms with Gasteiger partial charge in [0.05, 0.1) is 30.3 Å². The van der Waals surface area contributed by atoms with E-state index in [1.54, 1.807) is 6.07 Å². The van der Waals surface area contributed by atoms with Crippen molar-refractivity contribution in [1.29, 1.82) is 0 Å². The number of benzene rings is 1. The van der Waals surface area contributed by atoms with E-state index in [1.807, 2.05) is 13.8 Å². The van der Waals surface area contributed by atoms with E-state index in [-0.39, 0.29) is 11.5 Å². The molecule has 1 aromatic carbocycles. The number of ether oxygens (including phenoxy) is 1. The molecule has 6 nitrogen and oxygen atoms in total. The molecule has 126 valence electrons. The third-order valence-corrected chi connectivity index (χ3v) is 3.88. The lowest BCUT2D eigenvalue weighted by Crippen LogP contribution is -2.37. The van der Waals surface area contributed by atoms with Crippen LogP contribution in [0.15, 0.2) is 24.3 Å². The fourth-order valence-corrected chi connectivity index (χ4v) is 2.60. The van der Waals surface area contributed by atoms with Gasteiger partial charge in [-0.05, 0) is 32.0 Å². The van der Waals surface area contributed by atoms with E-state index in [0.29, 0.717) is 36.2 Å². The normalized spacial score (nSPS) is 14.5. The van der Waals surface area contributed by atoms with Gasteiger partial charge in [-0.3, -0.25) is 4.79 Å². The van der Waals surface area contributed by atoms with Gasteiger partial charge >= 0.3 is 0 Å². The van der Waals surface area contributed by atoms with Crippen molar-refractivity contribution >= 4 is 17.5 Å². The molecular formula is C17H19FN4O2. The first kappa shape index (κ1) is 16.3. The molecule has 0 saturated carbocycles. The first-order valence-electron chi connectivity index (χ1n) is 7.79. The van der Waals surface area contributed by atoms with Crippen molar-refractivity contribution in [2.75, 3.05) is 36.5 Å². The molecule has 2 heterocycles. The van der Waals surface area contributed by atoms with E-state index in [0.717, 1.165) is 13.1 Å². The van der Waals surface area contributed by atoms with E-state index < -0.39 is 5.82 Å². The number of hydrogen-bond donors (Lipinski definition) is 1. The molecule has 24 heavy (non-hydrogen) atoms. The molecule has 1 fully saturated rings. The highest BCUT2D eigenvalue weighted by Crippen LogP contribution is 2.22. The molecule has 0 radical (unpaired) electrons. The number of hydrogen-bond acceptors (Lipinski definition) is 5. The zero-order chi connectivity index (χ0) is 17.1. The van der Waals surface area contributed by atoms with Gasteiger partial charge < -0.3 is 15.0 Å². The van der Waals surface area contributed by atoms with Crippen molar-refractivity contribution in [3.63, 3.8) is 0 Å². The lowest BCUT2D eigenvalue weighted by Gasteiger charge is -2.27. The largest absolute Gasteiger partial charge is 0.378 e. The predicted octanol–water partition coefficient (Wildman–Crippen LogP) is 2.32. The number of amides is 1. The highest BCUT2D eigenvalue weighted by Gasteiger charge is 2.18. The minimum absolute atomic E-state index is 0.256. The third kappa shape index (κ3) is 3.51. The summed E-state index contributed by atoms with van der Waals surface area (Å²) in [4.78, 5) is 23.3. The zero-order valence-corrected chi connectivity index (χ0v) is 13.7. The lowest BCUT2D eigenvalue weighted by atomic mass is 10.2. The summed E-state index contributed by atoms with van der Waals surface area (Å²) in [6, 6.07) is 5.56. The minimum Gasteiger partial charge on any atom is -0.378 e. The van der Waals surface area contributed by atoms with Crippen LogP contribution in [0, 0.1) is 19.7 Å². The average molecular weight is 330 g/mol. The Hall–Kier alpha value is -2.54. The van der Waals surface area contributed by atoms with Gasteiger partial charge in [-0.2, -0.15) is 0 Å². The van der Waals surface area contributed by atoms with Gasteiger partial charge in [-0.25, -0.2) is 14.4 Å². The van der Waals surface area contributed by atoms with Crippen LogP contribution < -0.4 is 10.2 Å². The van der Waals surface area contributed by atoms with Gasteiger partial charge in [0.1, 0.15) is 5.82 Å². The second-order valence-corrected chi connectivity index (χ2v) is 5.63. The van der Waals surface area contributed by atoms with Crippen LogP contribution >= 0.6 is 0 Å². The number of carbonyl (C=O) groups is 1. The summed E-state index contributed by atoms with van der Waals surface area (Å²) in [6.45, 7) is 6.43. The molecule has 0 aliphatic carbocycles. The number of anilines is 2. The molecule has 0 unspecified atom stereocenters. The average Bonchev–Trinajstić information content (AvgIpc) is 2.58. The van der Waals surface area contributed by atoms with Crippen molar-refractivity contribution in [2.24, 2.45) is 0 Å². The van der Waals surface area contributed by atoms with Crippen molar-refractivity contribution in [3.05, 3.63) is 47.0 Å². The first-order chi connectivity index (χ1) is 11.5. The molecule has 2 aromatic rings. The van der Waals surface area contributed by atoms with E-state index in [1.165, 1.54) is 18.2 Å². The number of morpholine rings is 1. The predicted molar refractivity (Wildman–Crippen MR) is 88.9 cm³/mol. The Labute approximate surface area is 139 Å². The van der Waals surface area contributed by atoms with Gasteiger partial charge in [0, 0.05) is 18.7 Å². The molecule has 1 saturated heterocycles.